The Kier molecular flexibility index (Phi) is 3.03. The van der Waals surface area contributed by atoms with Gasteiger partial charge in [0.2, 0.25) is 0 Å². The summed E-state index contributed by atoms with van der Waals surface area (Å²) in [5.41, 5.74) is -0.844. The minimum Gasteiger partial charge on any atom is -0.468 e. The van der Waals surface area contributed by atoms with Crippen molar-refractivity contribution in [2.45, 2.75) is 18.3 Å². The Morgan fingerprint density at radius 3 is 2.67 bits per heavy atom. The zero-order chi connectivity index (χ0) is 13.2. The second kappa shape index (κ2) is 4.50. The molecule has 1 saturated carbocycles. The number of carbonyl (C=O) groups excluding carboxylic acids is 1. The predicted molar refractivity (Wildman–Crippen MR) is 57.6 cm³/mol. The smallest absolute Gasteiger partial charge is 0.319 e. The molecule has 0 saturated heterocycles. The first-order valence-corrected chi connectivity index (χ1v) is 5.49. The standard InChI is InChI=1S/C12H11N3O3/c1-17-11(16)12(8-2-3-8,9(4-13)5-14)10-6-15-18-7-10/h6-9H,2-3H2,1H3/t12-/m0/s1. The first-order valence-electron chi connectivity index (χ1n) is 5.49. The van der Waals surface area contributed by atoms with Gasteiger partial charge < -0.3 is 9.26 Å². The number of aromatic nitrogens is 1. The van der Waals surface area contributed by atoms with Crippen LogP contribution in [0.2, 0.25) is 0 Å². The van der Waals surface area contributed by atoms with Gasteiger partial charge in [-0.2, -0.15) is 10.5 Å². The molecule has 0 aromatic carbocycles. The lowest BCUT2D eigenvalue weighted by Crippen LogP contribution is -2.45. The van der Waals surface area contributed by atoms with Crippen LogP contribution in [0.3, 0.4) is 0 Å². The monoisotopic (exact) mass is 245 g/mol. The SMILES string of the molecule is COC(=O)[C@](c1cnoc1)(C(C#N)C#N)C1CC1. The molecule has 1 aromatic heterocycles. The lowest BCUT2D eigenvalue weighted by Gasteiger charge is -2.30. The van der Waals surface area contributed by atoms with Crippen LogP contribution in [0.25, 0.3) is 0 Å². The minimum absolute atomic E-state index is 0.0753. The summed E-state index contributed by atoms with van der Waals surface area (Å²) in [6, 6.07) is 3.77. The van der Waals surface area contributed by atoms with Gasteiger partial charge in [0.15, 0.2) is 5.92 Å². The number of carbonyl (C=O) groups is 1. The maximum absolute atomic E-state index is 12.2. The summed E-state index contributed by atoms with van der Waals surface area (Å²) >= 11 is 0. The number of esters is 1. The van der Waals surface area contributed by atoms with E-state index in [0.717, 1.165) is 12.8 Å². The maximum Gasteiger partial charge on any atom is 0.319 e. The van der Waals surface area contributed by atoms with E-state index in [2.05, 4.69) is 5.16 Å². The molecule has 1 aliphatic rings. The van der Waals surface area contributed by atoms with Gasteiger partial charge >= 0.3 is 5.97 Å². The van der Waals surface area contributed by atoms with Crippen LogP contribution in [0.5, 0.6) is 0 Å². The molecular formula is C12H11N3O3. The summed E-state index contributed by atoms with van der Waals surface area (Å²) in [4.78, 5) is 12.2. The lowest BCUT2D eigenvalue weighted by molar-refractivity contribution is -0.149. The molecule has 0 bridgehead atoms. The summed E-state index contributed by atoms with van der Waals surface area (Å²) in [6.07, 6.45) is 4.23. The number of rotatable bonds is 4. The quantitative estimate of drug-likeness (QED) is 0.738. The molecule has 6 heteroatoms. The fourth-order valence-electron chi connectivity index (χ4n) is 2.39. The van der Waals surface area contributed by atoms with E-state index in [4.69, 9.17) is 19.8 Å². The van der Waals surface area contributed by atoms with Gasteiger partial charge in [-0.25, -0.2) is 0 Å². The zero-order valence-electron chi connectivity index (χ0n) is 9.79. The van der Waals surface area contributed by atoms with E-state index in [1.165, 1.54) is 19.6 Å². The first-order chi connectivity index (χ1) is 8.71. The van der Waals surface area contributed by atoms with Crippen molar-refractivity contribution in [2.75, 3.05) is 7.11 Å². The number of nitriles is 2. The third-order valence-corrected chi connectivity index (χ3v) is 3.37. The molecule has 1 aliphatic carbocycles. The Hall–Kier alpha value is -2.34. The molecule has 6 nitrogen and oxygen atoms in total. The second-order valence-electron chi connectivity index (χ2n) is 4.24. The maximum atomic E-state index is 12.2. The van der Waals surface area contributed by atoms with E-state index in [0.29, 0.717) is 5.56 Å². The van der Waals surface area contributed by atoms with Crippen LogP contribution in [-0.4, -0.2) is 18.2 Å². The van der Waals surface area contributed by atoms with Gasteiger partial charge in [0.1, 0.15) is 11.7 Å². The largest absolute Gasteiger partial charge is 0.468 e. The van der Waals surface area contributed by atoms with Gasteiger partial charge in [0.25, 0.3) is 0 Å². The van der Waals surface area contributed by atoms with Crippen molar-refractivity contribution in [1.82, 2.24) is 5.16 Å². The molecule has 92 valence electrons. The van der Waals surface area contributed by atoms with Crippen molar-refractivity contribution in [3.05, 3.63) is 18.0 Å². The molecule has 0 amide bonds. The van der Waals surface area contributed by atoms with Crippen LogP contribution in [-0.2, 0) is 14.9 Å². The Morgan fingerprint density at radius 1 is 1.61 bits per heavy atom. The first kappa shape index (κ1) is 12.1. The number of ether oxygens (including phenoxy) is 1. The molecule has 0 unspecified atom stereocenters. The number of methoxy groups -OCH3 is 1. The molecule has 1 aromatic rings. The summed E-state index contributed by atoms with van der Waals surface area (Å²) in [6.45, 7) is 0. The van der Waals surface area contributed by atoms with Crippen LogP contribution < -0.4 is 0 Å². The highest BCUT2D eigenvalue weighted by molar-refractivity contribution is 5.85. The van der Waals surface area contributed by atoms with Crippen LogP contribution in [0.4, 0.5) is 0 Å². The normalized spacial score (nSPS) is 17.6. The lowest BCUT2D eigenvalue weighted by atomic mass is 9.68. The Labute approximate surface area is 104 Å². The number of hydrogen-bond donors (Lipinski definition) is 0. The van der Waals surface area contributed by atoms with Gasteiger partial charge in [-0.15, -0.1) is 0 Å². The minimum atomic E-state index is -1.28. The van der Waals surface area contributed by atoms with Gasteiger partial charge in [0.05, 0.1) is 25.4 Å². The van der Waals surface area contributed by atoms with Crippen LogP contribution >= 0.6 is 0 Å². The summed E-state index contributed by atoms with van der Waals surface area (Å²) < 4.78 is 9.57. The average Bonchev–Trinajstić information content (AvgIpc) is 3.10. The average molecular weight is 245 g/mol. The molecule has 2 rings (SSSR count). The predicted octanol–water partition coefficient (Wildman–Crippen LogP) is 1.16. The van der Waals surface area contributed by atoms with Crippen molar-refractivity contribution < 1.29 is 14.1 Å². The molecule has 1 atom stereocenters. The number of hydrogen-bond acceptors (Lipinski definition) is 6. The van der Waals surface area contributed by atoms with E-state index in [-0.39, 0.29) is 5.92 Å². The van der Waals surface area contributed by atoms with E-state index in [1.54, 1.807) is 0 Å². The molecule has 1 heterocycles. The van der Waals surface area contributed by atoms with E-state index < -0.39 is 17.3 Å². The third kappa shape index (κ3) is 1.54. The molecule has 0 N–H and O–H groups in total. The Bertz CT molecular complexity index is 508. The highest BCUT2D eigenvalue weighted by atomic mass is 16.5. The summed E-state index contributed by atoms with van der Waals surface area (Å²) in [5.74, 6) is -1.77. The number of nitrogens with zero attached hydrogens (tertiary/aromatic N) is 3. The highest BCUT2D eigenvalue weighted by Gasteiger charge is 2.59. The van der Waals surface area contributed by atoms with Crippen LogP contribution in [0.15, 0.2) is 17.0 Å². The summed E-state index contributed by atoms with van der Waals surface area (Å²) in [5, 5.41) is 21.9. The molecular weight excluding hydrogens is 234 g/mol. The van der Waals surface area contributed by atoms with Crippen molar-refractivity contribution in [1.29, 1.82) is 10.5 Å². The van der Waals surface area contributed by atoms with Crippen molar-refractivity contribution in [3.8, 4) is 12.1 Å². The van der Waals surface area contributed by atoms with Crippen LogP contribution in [0, 0.1) is 34.5 Å². The van der Waals surface area contributed by atoms with E-state index >= 15 is 0 Å². The fraction of sp³-hybridized carbons (Fsp3) is 0.500. The molecule has 0 spiro atoms. The molecule has 0 radical (unpaired) electrons. The van der Waals surface area contributed by atoms with Crippen molar-refractivity contribution in [3.63, 3.8) is 0 Å². The highest BCUT2D eigenvalue weighted by Crippen LogP contribution is 2.52. The second-order valence-corrected chi connectivity index (χ2v) is 4.24. The topological polar surface area (TPSA) is 99.9 Å². The van der Waals surface area contributed by atoms with E-state index in [1.807, 2.05) is 12.1 Å². The Morgan fingerprint density at radius 2 is 2.28 bits per heavy atom. The van der Waals surface area contributed by atoms with Crippen molar-refractivity contribution in [2.24, 2.45) is 11.8 Å². The molecule has 18 heavy (non-hydrogen) atoms. The van der Waals surface area contributed by atoms with Gasteiger partial charge in [-0.1, -0.05) is 5.16 Å². The zero-order valence-corrected chi connectivity index (χ0v) is 9.79. The van der Waals surface area contributed by atoms with Crippen molar-refractivity contribution >= 4 is 5.97 Å². The van der Waals surface area contributed by atoms with Gasteiger partial charge in [-0.05, 0) is 18.8 Å². The van der Waals surface area contributed by atoms with E-state index in [9.17, 15) is 4.79 Å². The van der Waals surface area contributed by atoms with Crippen LogP contribution in [0.1, 0.15) is 18.4 Å². The summed E-state index contributed by atoms with van der Waals surface area (Å²) in [7, 11) is 1.25. The molecule has 1 fully saturated rings. The molecule has 0 aliphatic heterocycles. The third-order valence-electron chi connectivity index (χ3n) is 3.37. The van der Waals surface area contributed by atoms with Gasteiger partial charge in [-0.3, -0.25) is 4.79 Å². The Balaban J connectivity index is 2.60. The fourth-order valence-corrected chi connectivity index (χ4v) is 2.39. The van der Waals surface area contributed by atoms with Gasteiger partial charge in [0, 0.05) is 5.56 Å².